The fraction of sp³-hybridized carbons (Fsp3) is 0.300. The van der Waals surface area contributed by atoms with E-state index >= 15 is 0 Å². The fourth-order valence-corrected chi connectivity index (χ4v) is 4.48. The topological polar surface area (TPSA) is 122 Å². The Hall–Kier alpha value is -3.34. The van der Waals surface area contributed by atoms with Crippen LogP contribution in [-0.4, -0.2) is 54.7 Å². The minimum atomic E-state index is 0.286. The van der Waals surface area contributed by atoms with Crippen molar-refractivity contribution in [2.75, 3.05) is 23.3 Å². The zero-order chi connectivity index (χ0) is 20.8. The van der Waals surface area contributed by atoms with Gasteiger partial charge in [-0.3, -0.25) is 5.10 Å². The average Bonchev–Trinajstić information content (AvgIpc) is 3.48. The molecule has 1 saturated heterocycles. The number of fused-ring (bicyclic) bond motifs is 1. The first-order valence-corrected chi connectivity index (χ1v) is 10.8. The molecule has 1 atom stereocenters. The van der Waals surface area contributed by atoms with Crippen LogP contribution >= 0.6 is 15.9 Å². The number of halogens is 1. The number of nitrogens with zero attached hydrogens (tertiary/aromatic N) is 7. The number of hydrogen-bond acceptors (Lipinski definition) is 9. The number of nitrogens with one attached hydrogen (secondary N) is 2. The van der Waals surface area contributed by atoms with Crippen molar-refractivity contribution in [1.29, 1.82) is 0 Å². The van der Waals surface area contributed by atoms with Crippen LogP contribution in [0.2, 0.25) is 0 Å². The Bertz CT molecular complexity index is 1200. The summed E-state index contributed by atoms with van der Waals surface area (Å²) in [7, 11) is 0. The van der Waals surface area contributed by atoms with Gasteiger partial charge in [0, 0.05) is 48.1 Å². The van der Waals surface area contributed by atoms with Gasteiger partial charge in [0.15, 0.2) is 0 Å². The molecule has 4 aromatic rings. The number of benzene rings is 1. The third-order valence-corrected chi connectivity index (χ3v) is 6.25. The maximum Gasteiger partial charge on any atom is 0.318 e. The van der Waals surface area contributed by atoms with Crippen molar-refractivity contribution < 1.29 is 4.42 Å². The van der Waals surface area contributed by atoms with Gasteiger partial charge in [-0.2, -0.15) is 0 Å². The van der Waals surface area contributed by atoms with E-state index in [9.17, 15) is 0 Å². The van der Waals surface area contributed by atoms with Crippen LogP contribution in [0.15, 0.2) is 45.7 Å². The molecule has 1 unspecified atom stereocenters. The van der Waals surface area contributed by atoms with Gasteiger partial charge in [0.05, 0.1) is 11.3 Å². The quantitative estimate of drug-likeness (QED) is 0.444. The highest BCUT2D eigenvalue weighted by atomic mass is 79.9. The maximum absolute atomic E-state index is 5.82. The Morgan fingerprint density at radius 2 is 1.90 bits per heavy atom. The summed E-state index contributed by atoms with van der Waals surface area (Å²) in [5.41, 5.74) is 4.37. The van der Waals surface area contributed by atoms with Crippen molar-refractivity contribution in [2.24, 2.45) is 0 Å². The minimum Gasteiger partial charge on any atom is -0.403 e. The van der Waals surface area contributed by atoms with Crippen LogP contribution in [0.5, 0.6) is 0 Å². The number of H-pyrrole nitrogens is 1. The molecule has 11 heteroatoms. The normalized spacial score (nSPS) is 18.1. The third-order valence-electron chi connectivity index (χ3n) is 5.75. The molecule has 10 nitrogen and oxygen atoms in total. The van der Waals surface area contributed by atoms with Gasteiger partial charge in [0.25, 0.3) is 5.89 Å². The molecule has 0 amide bonds. The fourth-order valence-electron chi connectivity index (χ4n) is 4.08. The molecule has 0 saturated carbocycles. The summed E-state index contributed by atoms with van der Waals surface area (Å²) in [6, 6.07) is 7.21. The van der Waals surface area contributed by atoms with Crippen LogP contribution in [0.1, 0.15) is 22.7 Å². The summed E-state index contributed by atoms with van der Waals surface area (Å²) in [4.78, 5) is 10.9. The molecule has 1 fully saturated rings. The van der Waals surface area contributed by atoms with E-state index in [-0.39, 0.29) is 6.04 Å². The molecule has 1 aliphatic carbocycles. The minimum absolute atomic E-state index is 0.286. The second kappa shape index (κ2) is 7.41. The molecule has 0 radical (unpaired) electrons. The first kappa shape index (κ1) is 18.4. The van der Waals surface area contributed by atoms with E-state index in [0.717, 1.165) is 36.1 Å². The largest absolute Gasteiger partial charge is 0.403 e. The van der Waals surface area contributed by atoms with Crippen LogP contribution in [0.3, 0.4) is 0 Å². The summed E-state index contributed by atoms with van der Waals surface area (Å²) in [6.07, 6.45) is 7.15. The van der Waals surface area contributed by atoms with Crippen LogP contribution in [0, 0.1) is 0 Å². The zero-order valence-corrected chi connectivity index (χ0v) is 17.9. The van der Waals surface area contributed by atoms with Gasteiger partial charge in [0.2, 0.25) is 5.95 Å². The van der Waals surface area contributed by atoms with E-state index in [1.807, 2.05) is 11.1 Å². The van der Waals surface area contributed by atoms with E-state index in [0.29, 0.717) is 29.3 Å². The van der Waals surface area contributed by atoms with Crippen molar-refractivity contribution in [1.82, 2.24) is 35.6 Å². The lowest BCUT2D eigenvalue weighted by Crippen LogP contribution is -2.45. The Morgan fingerprint density at radius 3 is 2.71 bits per heavy atom. The number of aromatic amines is 1. The Labute approximate surface area is 185 Å². The van der Waals surface area contributed by atoms with E-state index in [1.165, 1.54) is 11.1 Å². The Kier molecular flexibility index (Phi) is 4.41. The molecule has 0 spiro atoms. The molecule has 3 aromatic heterocycles. The molecule has 0 bridgehead atoms. The highest BCUT2D eigenvalue weighted by Gasteiger charge is 2.33. The van der Waals surface area contributed by atoms with Gasteiger partial charge in [-0.15, -0.1) is 10.2 Å². The lowest BCUT2D eigenvalue weighted by Gasteiger charge is -2.36. The van der Waals surface area contributed by atoms with Gasteiger partial charge >= 0.3 is 6.01 Å². The summed E-state index contributed by atoms with van der Waals surface area (Å²) in [6.45, 7) is 1.54. The van der Waals surface area contributed by atoms with Gasteiger partial charge in [0.1, 0.15) is 0 Å². The van der Waals surface area contributed by atoms with E-state index in [1.54, 1.807) is 12.4 Å². The SMILES string of the molecule is Brc1ccc2c(c1)CC(Nc1ncc(-c3nnc(N4CC(c5c[nH]nn5)C4)o3)cn1)C2. The van der Waals surface area contributed by atoms with Gasteiger partial charge in [-0.1, -0.05) is 32.3 Å². The Balaban J connectivity index is 1.08. The number of rotatable bonds is 5. The van der Waals surface area contributed by atoms with Crippen molar-refractivity contribution in [2.45, 2.75) is 24.8 Å². The highest BCUT2D eigenvalue weighted by molar-refractivity contribution is 9.10. The van der Waals surface area contributed by atoms with Crippen molar-refractivity contribution in [3.63, 3.8) is 0 Å². The number of hydrogen-bond donors (Lipinski definition) is 2. The molecular formula is C20H18BrN9O. The van der Waals surface area contributed by atoms with Crippen LogP contribution < -0.4 is 10.2 Å². The maximum atomic E-state index is 5.82. The second-order valence-electron chi connectivity index (χ2n) is 7.85. The second-order valence-corrected chi connectivity index (χ2v) is 8.76. The van der Waals surface area contributed by atoms with Crippen LogP contribution in [0.4, 0.5) is 12.0 Å². The predicted octanol–water partition coefficient (Wildman–Crippen LogP) is 2.59. The van der Waals surface area contributed by atoms with Crippen LogP contribution in [-0.2, 0) is 12.8 Å². The number of anilines is 2. The molecule has 156 valence electrons. The van der Waals surface area contributed by atoms with Gasteiger partial charge in [-0.05, 0) is 36.1 Å². The monoisotopic (exact) mass is 479 g/mol. The van der Waals surface area contributed by atoms with E-state index in [2.05, 4.69) is 75.0 Å². The van der Waals surface area contributed by atoms with Gasteiger partial charge < -0.3 is 14.6 Å². The smallest absolute Gasteiger partial charge is 0.318 e. The lowest BCUT2D eigenvalue weighted by molar-refractivity contribution is 0.449. The third kappa shape index (κ3) is 3.54. The summed E-state index contributed by atoms with van der Waals surface area (Å²) in [5, 5.41) is 22.3. The first-order valence-electron chi connectivity index (χ1n) is 10.0. The summed E-state index contributed by atoms with van der Waals surface area (Å²) in [5.74, 6) is 1.33. The molecular weight excluding hydrogens is 462 g/mol. The molecule has 2 N–H and O–H groups in total. The van der Waals surface area contributed by atoms with Crippen molar-refractivity contribution >= 4 is 27.9 Å². The molecule has 4 heterocycles. The molecule has 6 rings (SSSR count). The molecule has 2 aliphatic rings. The zero-order valence-electron chi connectivity index (χ0n) is 16.4. The van der Waals surface area contributed by atoms with Crippen LogP contribution in [0.25, 0.3) is 11.5 Å². The highest BCUT2D eigenvalue weighted by Crippen LogP contribution is 2.31. The molecule has 31 heavy (non-hydrogen) atoms. The van der Waals surface area contributed by atoms with Crippen molar-refractivity contribution in [3.8, 4) is 11.5 Å². The Morgan fingerprint density at radius 1 is 1.06 bits per heavy atom. The predicted molar refractivity (Wildman–Crippen MR) is 116 cm³/mol. The van der Waals surface area contributed by atoms with E-state index < -0.39 is 0 Å². The average molecular weight is 480 g/mol. The summed E-state index contributed by atoms with van der Waals surface area (Å²) >= 11 is 3.54. The molecule has 1 aromatic carbocycles. The van der Waals surface area contributed by atoms with Crippen molar-refractivity contribution in [3.05, 3.63) is 58.1 Å². The lowest BCUT2D eigenvalue weighted by atomic mass is 9.98. The number of aromatic nitrogens is 7. The standard InChI is InChI=1S/C20H18BrN9O/c21-15-2-1-11-4-16(5-12(11)3-15)25-19-22-6-13(7-23-19)18-27-28-20(31-18)30-9-14(10-30)17-8-24-29-26-17/h1-3,6-8,14,16H,4-5,9-10H2,(H,22,23,25)(H,24,26,29). The first-order chi connectivity index (χ1) is 15.2. The summed E-state index contributed by atoms with van der Waals surface area (Å²) < 4.78 is 6.93. The van der Waals surface area contributed by atoms with Gasteiger partial charge in [-0.25, -0.2) is 9.97 Å². The molecule has 1 aliphatic heterocycles. The van der Waals surface area contributed by atoms with E-state index in [4.69, 9.17) is 4.42 Å².